The maximum absolute atomic E-state index is 5.75. The summed E-state index contributed by atoms with van der Waals surface area (Å²) in [5, 5.41) is 0. The first-order valence-electron chi connectivity index (χ1n) is 5.87. The zero-order valence-electron chi connectivity index (χ0n) is 11.2. The van der Waals surface area contributed by atoms with Crippen molar-refractivity contribution in [1.82, 2.24) is 9.97 Å². The maximum Gasteiger partial charge on any atom is 0.131 e. The molecule has 0 aliphatic heterocycles. The molecule has 4 nitrogen and oxygen atoms in total. The maximum atomic E-state index is 5.75. The quantitative estimate of drug-likeness (QED) is 0.792. The lowest BCUT2D eigenvalue weighted by Crippen LogP contribution is -2.23. The van der Waals surface area contributed by atoms with Crippen LogP contribution in [0.15, 0.2) is 18.3 Å². The summed E-state index contributed by atoms with van der Waals surface area (Å²) in [6, 6.07) is 0. The molecule has 1 rings (SSSR count). The van der Waals surface area contributed by atoms with Gasteiger partial charge >= 0.3 is 0 Å². The van der Waals surface area contributed by atoms with Gasteiger partial charge in [-0.05, 0) is 6.92 Å². The van der Waals surface area contributed by atoms with Crippen LogP contribution in [-0.2, 0) is 6.54 Å². The van der Waals surface area contributed by atoms with Gasteiger partial charge in [-0.3, -0.25) is 0 Å². The fourth-order valence-corrected chi connectivity index (χ4v) is 1.66. The monoisotopic (exact) mass is 234 g/mol. The van der Waals surface area contributed by atoms with Gasteiger partial charge in [0.05, 0.1) is 17.6 Å². The molecule has 0 bridgehead atoms. The number of nitrogens with two attached hydrogens (primary N) is 1. The summed E-state index contributed by atoms with van der Waals surface area (Å²) in [6.07, 6.45) is 1.85. The first kappa shape index (κ1) is 13.6. The lowest BCUT2D eigenvalue weighted by molar-refractivity contribution is 0.751. The van der Waals surface area contributed by atoms with E-state index in [0.29, 0.717) is 12.5 Å². The van der Waals surface area contributed by atoms with E-state index in [1.54, 1.807) is 0 Å². The molecule has 0 radical (unpaired) electrons. The van der Waals surface area contributed by atoms with E-state index in [1.165, 1.54) is 0 Å². The SMILES string of the molecule is C=C(C)CN(C)c1cnc(C(C)C)nc1CN. The Morgan fingerprint density at radius 3 is 2.65 bits per heavy atom. The van der Waals surface area contributed by atoms with Crippen LogP contribution in [0, 0.1) is 0 Å². The highest BCUT2D eigenvalue weighted by molar-refractivity contribution is 5.49. The second-order valence-electron chi connectivity index (χ2n) is 4.73. The lowest BCUT2D eigenvalue weighted by Gasteiger charge is -2.21. The Labute approximate surface area is 104 Å². The van der Waals surface area contributed by atoms with Gasteiger partial charge in [-0.25, -0.2) is 9.97 Å². The van der Waals surface area contributed by atoms with Gasteiger partial charge in [0.25, 0.3) is 0 Å². The van der Waals surface area contributed by atoms with E-state index < -0.39 is 0 Å². The molecule has 0 aromatic carbocycles. The highest BCUT2D eigenvalue weighted by atomic mass is 15.1. The molecule has 2 N–H and O–H groups in total. The molecule has 0 fully saturated rings. The molecule has 0 saturated carbocycles. The topological polar surface area (TPSA) is 55.0 Å². The Morgan fingerprint density at radius 2 is 2.18 bits per heavy atom. The van der Waals surface area contributed by atoms with Crippen LogP contribution in [0.4, 0.5) is 5.69 Å². The van der Waals surface area contributed by atoms with Gasteiger partial charge in [0, 0.05) is 26.1 Å². The van der Waals surface area contributed by atoms with E-state index in [-0.39, 0.29) is 0 Å². The summed E-state index contributed by atoms with van der Waals surface area (Å²) >= 11 is 0. The van der Waals surface area contributed by atoms with Crippen LogP contribution >= 0.6 is 0 Å². The molecule has 1 heterocycles. The van der Waals surface area contributed by atoms with Gasteiger partial charge < -0.3 is 10.6 Å². The van der Waals surface area contributed by atoms with Crippen LogP contribution in [0.1, 0.15) is 38.2 Å². The smallest absolute Gasteiger partial charge is 0.131 e. The molecule has 0 atom stereocenters. The number of nitrogens with zero attached hydrogens (tertiary/aromatic N) is 3. The van der Waals surface area contributed by atoms with Gasteiger partial charge in [0.1, 0.15) is 5.82 Å². The van der Waals surface area contributed by atoms with Crippen molar-refractivity contribution in [3.63, 3.8) is 0 Å². The first-order valence-corrected chi connectivity index (χ1v) is 5.87. The molecule has 4 heteroatoms. The summed E-state index contributed by atoms with van der Waals surface area (Å²) in [7, 11) is 2.00. The van der Waals surface area contributed by atoms with Crippen LogP contribution < -0.4 is 10.6 Å². The Balaban J connectivity index is 3.03. The van der Waals surface area contributed by atoms with Gasteiger partial charge in [-0.15, -0.1) is 0 Å². The normalized spacial score (nSPS) is 10.7. The van der Waals surface area contributed by atoms with Gasteiger partial charge in [0.2, 0.25) is 0 Å². The second-order valence-corrected chi connectivity index (χ2v) is 4.73. The third-order valence-corrected chi connectivity index (χ3v) is 2.49. The van der Waals surface area contributed by atoms with Crippen molar-refractivity contribution in [3.05, 3.63) is 29.9 Å². The minimum Gasteiger partial charge on any atom is -0.368 e. The van der Waals surface area contributed by atoms with Crippen molar-refractivity contribution in [2.45, 2.75) is 33.2 Å². The van der Waals surface area contributed by atoms with Crippen molar-refractivity contribution >= 4 is 5.69 Å². The zero-order chi connectivity index (χ0) is 13.0. The molecule has 0 spiro atoms. The van der Waals surface area contributed by atoms with E-state index in [2.05, 4.69) is 35.3 Å². The van der Waals surface area contributed by atoms with Crippen molar-refractivity contribution in [3.8, 4) is 0 Å². The third-order valence-electron chi connectivity index (χ3n) is 2.49. The third kappa shape index (κ3) is 3.53. The van der Waals surface area contributed by atoms with Crippen molar-refractivity contribution in [2.75, 3.05) is 18.5 Å². The van der Waals surface area contributed by atoms with E-state index in [0.717, 1.165) is 29.3 Å². The summed E-state index contributed by atoms with van der Waals surface area (Å²) in [6.45, 7) is 11.3. The molecule has 17 heavy (non-hydrogen) atoms. The van der Waals surface area contributed by atoms with Crippen molar-refractivity contribution < 1.29 is 0 Å². The highest BCUT2D eigenvalue weighted by Gasteiger charge is 2.11. The number of likely N-dealkylation sites (N-methyl/N-ethyl adjacent to an activating group) is 1. The van der Waals surface area contributed by atoms with Crippen molar-refractivity contribution in [1.29, 1.82) is 0 Å². The molecule has 0 aliphatic rings. The van der Waals surface area contributed by atoms with E-state index in [1.807, 2.05) is 20.2 Å². The first-order chi connectivity index (χ1) is 7.95. The zero-order valence-corrected chi connectivity index (χ0v) is 11.2. The Bertz CT molecular complexity index is 398. The van der Waals surface area contributed by atoms with E-state index in [9.17, 15) is 0 Å². The minimum atomic E-state index is 0.320. The number of anilines is 1. The van der Waals surface area contributed by atoms with E-state index >= 15 is 0 Å². The molecule has 1 aromatic rings. The Kier molecular flexibility index (Phi) is 4.63. The molecular formula is C13H22N4. The van der Waals surface area contributed by atoms with Crippen LogP contribution in [-0.4, -0.2) is 23.6 Å². The predicted octanol–water partition coefficient (Wildman–Crippen LogP) is 2.07. The van der Waals surface area contributed by atoms with Crippen LogP contribution in [0.25, 0.3) is 0 Å². The Hall–Kier alpha value is -1.42. The number of hydrogen-bond acceptors (Lipinski definition) is 4. The molecule has 1 aromatic heterocycles. The number of rotatable bonds is 5. The highest BCUT2D eigenvalue weighted by Crippen LogP contribution is 2.19. The van der Waals surface area contributed by atoms with Crippen molar-refractivity contribution in [2.24, 2.45) is 5.73 Å². The molecule has 0 amide bonds. The second kappa shape index (κ2) is 5.77. The van der Waals surface area contributed by atoms with Crippen LogP contribution in [0.3, 0.4) is 0 Å². The number of hydrogen-bond donors (Lipinski definition) is 1. The minimum absolute atomic E-state index is 0.320. The molecular weight excluding hydrogens is 212 g/mol. The predicted molar refractivity (Wildman–Crippen MR) is 72.1 cm³/mol. The summed E-state index contributed by atoms with van der Waals surface area (Å²) in [5.74, 6) is 1.17. The Morgan fingerprint density at radius 1 is 1.53 bits per heavy atom. The standard InChI is InChI=1S/C13H22N4/c1-9(2)8-17(5)12-7-15-13(10(3)4)16-11(12)6-14/h7,10H,1,6,8,14H2,2-5H3. The largest absolute Gasteiger partial charge is 0.368 e. The fraction of sp³-hybridized carbons (Fsp3) is 0.538. The molecule has 0 aliphatic carbocycles. The summed E-state index contributed by atoms with van der Waals surface area (Å²) in [5.41, 5.74) is 8.73. The number of aromatic nitrogens is 2. The van der Waals surface area contributed by atoms with Gasteiger partial charge in [0.15, 0.2) is 0 Å². The van der Waals surface area contributed by atoms with Gasteiger partial charge in [-0.2, -0.15) is 0 Å². The average Bonchev–Trinajstić information content (AvgIpc) is 2.27. The van der Waals surface area contributed by atoms with Crippen LogP contribution in [0.2, 0.25) is 0 Å². The van der Waals surface area contributed by atoms with Gasteiger partial charge in [-0.1, -0.05) is 26.0 Å². The summed E-state index contributed by atoms with van der Waals surface area (Å²) < 4.78 is 0. The van der Waals surface area contributed by atoms with E-state index in [4.69, 9.17) is 5.73 Å². The fourth-order valence-electron chi connectivity index (χ4n) is 1.66. The average molecular weight is 234 g/mol. The summed E-state index contributed by atoms with van der Waals surface area (Å²) in [4.78, 5) is 11.0. The molecule has 94 valence electrons. The molecule has 0 saturated heterocycles. The lowest BCUT2D eigenvalue weighted by atomic mass is 10.2. The van der Waals surface area contributed by atoms with Crippen LogP contribution in [0.5, 0.6) is 0 Å². The molecule has 0 unspecified atom stereocenters.